The lowest BCUT2D eigenvalue weighted by atomic mass is 9.42. The molecule has 0 amide bonds. The Hall–Kier alpha value is -1.23. The van der Waals surface area contributed by atoms with Gasteiger partial charge in [0.05, 0.1) is 10.0 Å². The zero-order valence-electron chi connectivity index (χ0n) is 11.4. The van der Waals surface area contributed by atoms with Gasteiger partial charge < -0.3 is 10.5 Å². The number of aromatic nitrogens is 2. The normalized spacial score (nSPS) is 25.3. The lowest BCUT2D eigenvalue weighted by Gasteiger charge is -2.62. The third-order valence-corrected chi connectivity index (χ3v) is 5.40. The molecule has 114 valence electrons. The maximum Gasteiger partial charge on any atom is 0.239 e. The Balaban J connectivity index is 1.68. The van der Waals surface area contributed by atoms with Gasteiger partial charge in [-0.25, -0.2) is 0 Å². The van der Waals surface area contributed by atoms with Crippen LogP contribution < -0.4 is 10.5 Å². The van der Waals surface area contributed by atoms with Crippen molar-refractivity contribution in [3.8, 4) is 11.6 Å². The first-order valence-electron chi connectivity index (χ1n) is 6.93. The maximum absolute atomic E-state index is 6.21. The summed E-state index contributed by atoms with van der Waals surface area (Å²) in [6, 6.07) is 5.00. The molecule has 0 unspecified atom stereocenters. The van der Waals surface area contributed by atoms with Gasteiger partial charge in [-0.15, -0.1) is 10.2 Å². The van der Waals surface area contributed by atoms with Gasteiger partial charge in [-0.1, -0.05) is 34.8 Å². The molecule has 0 atom stereocenters. The van der Waals surface area contributed by atoms with Gasteiger partial charge in [0.2, 0.25) is 5.88 Å². The molecule has 0 aliphatic heterocycles. The highest BCUT2D eigenvalue weighted by atomic mass is 35.5. The van der Waals surface area contributed by atoms with Gasteiger partial charge in [0.15, 0.2) is 10.9 Å². The molecule has 2 bridgehead atoms. The summed E-state index contributed by atoms with van der Waals surface area (Å²) >= 11 is 18.5. The molecule has 3 fully saturated rings. The molecule has 7 heteroatoms. The summed E-state index contributed by atoms with van der Waals surface area (Å²) in [5.74, 6) is 1.49. The van der Waals surface area contributed by atoms with Crippen LogP contribution in [0, 0.1) is 5.92 Å². The topological polar surface area (TPSA) is 61.0 Å². The first-order valence-corrected chi connectivity index (χ1v) is 8.06. The monoisotopic (exact) mass is 355 g/mol. The average Bonchev–Trinajstić information content (AvgIpc) is 2.33. The first-order chi connectivity index (χ1) is 10.5. The second-order valence-corrected chi connectivity index (χ2v) is 7.23. The minimum absolute atomic E-state index is 0.171. The van der Waals surface area contributed by atoms with Crippen LogP contribution in [0.2, 0.25) is 15.2 Å². The molecule has 2 N–H and O–H groups in total. The van der Waals surface area contributed by atoms with E-state index in [0.717, 1.165) is 11.5 Å². The largest absolute Gasteiger partial charge is 0.434 e. The molecule has 3 saturated carbocycles. The summed E-state index contributed by atoms with van der Waals surface area (Å²) < 4.78 is 5.72. The molecular weight excluding hydrogens is 345 g/mol. The molecule has 4 nitrogen and oxygen atoms in total. The van der Waals surface area contributed by atoms with Crippen molar-refractivity contribution in [1.82, 2.24) is 10.2 Å². The number of ether oxygens (including phenoxy) is 1. The van der Waals surface area contributed by atoms with Gasteiger partial charge in [-0.2, -0.15) is 0 Å². The van der Waals surface area contributed by atoms with Gasteiger partial charge in [-0.3, -0.25) is 0 Å². The zero-order chi connectivity index (χ0) is 15.5. The van der Waals surface area contributed by atoms with Crippen LogP contribution in [0.25, 0.3) is 0 Å². The Labute approximate surface area is 142 Å². The average molecular weight is 357 g/mol. The van der Waals surface area contributed by atoms with Crippen LogP contribution in [0.15, 0.2) is 18.2 Å². The molecule has 3 aliphatic rings. The van der Waals surface area contributed by atoms with E-state index in [-0.39, 0.29) is 5.41 Å². The second-order valence-electron chi connectivity index (χ2n) is 6.06. The Kier molecular flexibility index (Phi) is 3.19. The molecule has 22 heavy (non-hydrogen) atoms. The van der Waals surface area contributed by atoms with Crippen molar-refractivity contribution in [3.05, 3.63) is 39.0 Å². The molecule has 1 heterocycles. The number of benzene rings is 1. The van der Waals surface area contributed by atoms with E-state index in [1.165, 1.54) is 19.3 Å². The molecule has 0 radical (unpaired) electrons. The van der Waals surface area contributed by atoms with Crippen molar-refractivity contribution < 1.29 is 4.74 Å². The van der Waals surface area contributed by atoms with E-state index in [4.69, 9.17) is 45.3 Å². The zero-order valence-corrected chi connectivity index (χ0v) is 13.7. The number of nitrogens with zero attached hydrogens (tertiary/aromatic N) is 2. The highest BCUT2D eigenvalue weighted by Gasteiger charge is 2.58. The maximum atomic E-state index is 6.21. The van der Waals surface area contributed by atoms with Crippen LogP contribution in [0.5, 0.6) is 11.6 Å². The molecule has 0 spiro atoms. The van der Waals surface area contributed by atoms with Gasteiger partial charge in [0.25, 0.3) is 0 Å². The molecule has 0 saturated heterocycles. The van der Waals surface area contributed by atoms with Crippen LogP contribution in [0.4, 0.5) is 5.69 Å². The molecule has 2 aromatic rings. The van der Waals surface area contributed by atoms with Crippen LogP contribution in [0.1, 0.15) is 24.8 Å². The van der Waals surface area contributed by atoms with Crippen LogP contribution in [-0.4, -0.2) is 10.2 Å². The third kappa shape index (κ3) is 2.13. The standard InChI is InChI=1S/C15H12Cl3N3O/c16-10-1-8(19)2-11(17)13(10)22-12-3-9(14(18)21-20-12)15-4-7(5-15)6-15/h1-3,7H,4-6,19H2. The molecular formula is C15H12Cl3N3O. The number of anilines is 1. The molecule has 1 aromatic heterocycles. The minimum Gasteiger partial charge on any atom is -0.434 e. The summed E-state index contributed by atoms with van der Waals surface area (Å²) in [5.41, 5.74) is 7.33. The van der Waals surface area contributed by atoms with Crippen molar-refractivity contribution in [2.45, 2.75) is 24.7 Å². The van der Waals surface area contributed by atoms with Crippen LogP contribution in [0.3, 0.4) is 0 Å². The van der Waals surface area contributed by atoms with Crippen molar-refractivity contribution in [2.75, 3.05) is 5.73 Å². The fourth-order valence-corrected chi connectivity index (χ4v) is 4.24. The lowest BCUT2D eigenvalue weighted by molar-refractivity contribution is -0.0278. The van der Waals surface area contributed by atoms with Crippen molar-refractivity contribution in [1.29, 1.82) is 0 Å². The van der Waals surface area contributed by atoms with Gasteiger partial charge in [-0.05, 0) is 42.7 Å². The van der Waals surface area contributed by atoms with Crippen LogP contribution >= 0.6 is 34.8 Å². The van der Waals surface area contributed by atoms with Crippen molar-refractivity contribution in [2.24, 2.45) is 5.92 Å². The predicted molar refractivity (Wildman–Crippen MR) is 87.0 cm³/mol. The molecule has 3 aliphatic carbocycles. The van der Waals surface area contributed by atoms with Crippen molar-refractivity contribution >= 4 is 40.5 Å². The smallest absolute Gasteiger partial charge is 0.239 e. The summed E-state index contributed by atoms with van der Waals surface area (Å²) in [5, 5.41) is 9.08. The Bertz CT molecular complexity index is 741. The highest BCUT2D eigenvalue weighted by molar-refractivity contribution is 6.37. The van der Waals surface area contributed by atoms with E-state index in [0.29, 0.717) is 32.5 Å². The third-order valence-electron chi connectivity index (χ3n) is 4.56. The number of hydrogen-bond acceptors (Lipinski definition) is 4. The Morgan fingerprint density at radius 3 is 2.23 bits per heavy atom. The van der Waals surface area contributed by atoms with E-state index in [1.54, 1.807) is 12.1 Å². The van der Waals surface area contributed by atoms with Gasteiger partial charge >= 0.3 is 0 Å². The summed E-state index contributed by atoms with van der Waals surface area (Å²) in [6.07, 6.45) is 3.50. The highest BCUT2D eigenvalue weighted by Crippen LogP contribution is 2.66. The summed E-state index contributed by atoms with van der Waals surface area (Å²) in [6.45, 7) is 0. The van der Waals surface area contributed by atoms with E-state index in [9.17, 15) is 0 Å². The first kappa shape index (κ1) is 14.4. The Morgan fingerprint density at radius 2 is 1.68 bits per heavy atom. The number of rotatable bonds is 3. The predicted octanol–water partition coefficient (Wildman–Crippen LogP) is 4.86. The van der Waals surface area contributed by atoms with Gasteiger partial charge in [0.1, 0.15) is 0 Å². The van der Waals surface area contributed by atoms with E-state index in [1.807, 2.05) is 6.07 Å². The lowest BCUT2D eigenvalue weighted by Crippen LogP contribution is -2.55. The molecule has 5 rings (SSSR count). The number of halogens is 3. The van der Waals surface area contributed by atoms with E-state index >= 15 is 0 Å². The van der Waals surface area contributed by atoms with E-state index < -0.39 is 0 Å². The minimum atomic E-state index is 0.171. The SMILES string of the molecule is Nc1cc(Cl)c(Oc2cc(C34CC(C3)C4)c(Cl)nn2)c(Cl)c1. The van der Waals surface area contributed by atoms with Crippen molar-refractivity contribution in [3.63, 3.8) is 0 Å². The summed E-state index contributed by atoms with van der Waals surface area (Å²) in [7, 11) is 0. The van der Waals surface area contributed by atoms with Crippen LogP contribution in [-0.2, 0) is 5.41 Å². The van der Waals surface area contributed by atoms with Gasteiger partial charge in [0, 0.05) is 17.3 Å². The summed E-state index contributed by atoms with van der Waals surface area (Å²) in [4.78, 5) is 0. The fraction of sp³-hybridized carbons (Fsp3) is 0.333. The second kappa shape index (κ2) is 4.88. The number of nitrogens with two attached hydrogens (primary N) is 1. The number of hydrogen-bond donors (Lipinski definition) is 1. The fourth-order valence-electron chi connectivity index (χ4n) is 3.37. The number of nitrogen functional groups attached to an aromatic ring is 1. The molecule has 1 aromatic carbocycles. The Morgan fingerprint density at radius 1 is 1.05 bits per heavy atom. The van der Waals surface area contributed by atoms with E-state index in [2.05, 4.69) is 10.2 Å². The quantitative estimate of drug-likeness (QED) is 0.798.